The maximum atomic E-state index is 14.1. The predicted octanol–water partition coefficient (Wildman–Crippen LogP) is 3.27. The van der Waals surface area contributed by atoms with Crippen LogP contribution in [-0.2, 0) is 10.0 Å². The molecule has 2 aromatic rings. The fourth-order valence-electron chi connectivity index (χ4n) is 2.53. The lowest BCUT2D eigenvalue weighted by Gasteiger charge is -2.23. The summed E-state index contributed by atoms with van der Waals surface area (Å²) in [4.78, 5) is 13.9. The van der Waals surface area contributed by atoms with Gasteiger partial charge in [0.2, 0.25) is 10.0 Å². The fraction of sp³-hybridized carbons (Fsp3) is 0.211. The molecule has 0 spiro atoms. The fourth-order valence-corrected chi connectivity index (χ4v) is 3.63. The Balaban J connectivity index is 2.45. The standard InChI is InChI=1S/C19H21FN2O3S/c1-4-12-21-26(24,25)18-13-15(10-11-16(18)20)19(23)22(5-2)17-9-7-6-8-14(17)3/h4,6-11,13,21H,1,5,12H2,2-3H3. The maximum absolute atomic E-state index is 14.1. The van der Waals surface area contributed by atoms with Crippen LogP contribution in [0.2, 0.25) is 0 Å². The third-order valence-corrected chi connectivity index (χ3v) is 5.29. The van der Waals surface area contributed by atoms with Gasteiger partial charge in [-0.2, -0.15) is 0 Å². The highest BCUT2D eigenvalue weighted by atomic mass is 32.2. The molecular weight excluding hydrogens is 355 g/mol. The van der Waals surface area contributed by atoms with E-state index in [9.17, 15) is 17.6 Å². The van der Waals surface area contributed by atoms with Crippen molar-refractivity contribution in [3.8, 4) is 0 Å². The van der Waals surface area contributed by atoms with Gasteiger partial charge in [-0.3, -0.25) is 4.79 Å². The summed E-state index contributed by atoms with van der Waals surface area (Å²) in [5.41, 5.74) is 1.72. The lowest BCUT2D eigenvalue weighted by atomic mass is 10.1. The Kier molecular flexibility index (Phi) is 6.28. The van der Waals surface area contributed by atoms with E-state index in [4.69, 9.17) is 0 Å². The average molecular weight is 376 g/mol. The van der Waals surface area contributed by atoms with E-state index < -0.39 is 26.6 Å². The summed E-state index contributed by atoms with van der Waals surface area (Å²) in [6.07, 6.45) is 1.35. The minimum Gasteiger partial charge on any atom is -0.308 e. The highest BCUT2D eigenvalue weighted by Gasteiger charge is 2.23. The predicted molar refractivity (Wildman–Crippen MR) is 100 cm³/mol. The Labute approximate surface area is 153 Å². The molecule has 0 aliphatic carbocycles. The van der Waals surface area contributed by atoms with E-state index in [1.807, 2.05) is 38.1 Å². The summed E-state index contributed by atoms with van der Waals surface area (Å²) in [7, 11) is -4.08. The number of benzene rings is 2. The SMILES string of the molecule is C=CCNS(=O)(=O)c1cc(C(=O)N(CC)c2ccccc2C)ccc1F. The minimum atomic E-state index is -4.08. The summed E-state index contributed by atoms with van der Waals surface area (Å²) >= 11 is 0. The molecule has 0 unspecified atom stereocenters. The number of para-hydroxylation sites is 1. The number of carbonyl (C=O) groups excluding carboxylic acids is 1. The summed E-state index contributed by atoms with van der Waals surface area (Å²) in [5.74, 6) is -1.32. The number of hydrogen-bond acceptors (Lipinski definition) is 3. The van der Waals surface area contributed by atoms with Crippen molar-refractivity contribution in [3.05, 3.63) is 72.1 Å². The molecule has 5 nitrogen and oxygen atoms in total. The number of halogens is 1. The lowest BCUT2D eigenvalue weighted by molar-refractivity contribution is 0.0988. The van der Waals surface area contributed by atoms with Crippen LogP contribution in [0.4, 0.5) is 10.1 Å². The van der Waals surface area contributed by atoms with E-state index in [1.165, 1.54) is 17.0 Å². The Morgan fingerprint density at radius 3 is 2.58 bits per heavy atom. The van der Waals surface area contributed by atoms with E-state index in [1.54, 1.807) is 0 Å². The third kappa shape index (κ3) is 4.17. The molecule has 138 valence electrons. The van der Waals surface area contributed by atoms with Crippen LogP contribution < -0.4 is 9.62 Å². The van der Waals surface area contributed by atoms with E-state index in [0.717, 1.165) is 23.4 Å². The van der Waals surface area contributed by atoms with Crippen molar-refractivity contribution in [2.75, 3.05) is 18.0 Å². The van der Waals surface area contributed by atoms with Crippen molar-refractivity contribution in [3.63, 3.8) is 0 Å². The first-order valence-electron chi connectivity index (χ1n) is 8.09. The van der Waals surface area contributed by atoms with Crippen molar-refractivity contribution in [2.24, 2.45) is 0 Å². The normalized spacial score (nSPS) is 11.2. The van der Waals surface area contributed by atoms with Crippen LogP contribution >= 0.6 is 0 Å². The van der Waals surface area contributed by atoms with Crippen LogP contribution in [-0.4, -0.2) is 27.4 Å². The molecule has 2 rings (SSSR count). The molecule has 0 bridgehead atoms. The third-order valence-electron chi connectivity index (χ3n) is 3.85. The molecule has 0 fully saturated rings. The second-order valence-corrected chi connectivity index (χ2v) is 7.36. The molecule has 0 aliphatic rings. The molecule has 0 atom stereocenters. The lowest BCUT2D eigenvalue weighted by Crippen LogP contribution is -2.32. The smallest absolute Gasteiger partial charge is 0.258 e. The number of amides is 1. The molecular formula is C19H21FN2O3S. The zero-order valence-electron chi connectivity index (χ0n) is 14.7. The molecule has 0 heterocycles. The van der Waals surface area contributed by atoms with Crippen molar-refractivity contribution in [1.29, 1.82) is 0 Å². The molecule has 7 heteroatoms. The Bertz CT molecular complexity index is 926. The van der Waals surface area contributed by atoms with Crippen LogP contribution in [0.25, 0.3) is 0 Å². The Morgan fingerprint density at radius 2 is 1.96 bits per heavy atom. The van der Waals surface area contributed by atoms with Gasteiger partial charge in [-0.15, -0.1) is 6.58 Å². The van der Waals surface area contributed by atoms with Crippen LogP contribution in [0, 0.1) is 12.7 Å². The van der Waals surface area contributed by atoms with E-state index in [2.05, 4.69) is 11.3 Å². The van der Waals surface area contributed by atoms with Crippen LogP contribution in [0.15, 0.2) is 60.0 Å². The highest BCUT2D eigenvalue weighted by molar-refractivity contribution is 7.89. The van der Waals surface area contributed by atoms with Gasteiger partial charge in [0.05, 0.1) is 0 Å². The van der Waals surface area contributed by atoms with Crippen LogP contribution in [0.5, 0.6) is 0 Å². The molecule has 1 amide bonds. The first kappa shape index (κ1) is 19.8. The molecule has 0 radical (unpaired) electrons. The summed E-state index contributed by atoms with van der Waals surface area (Å²) in [5, 5.41) is 0. The second-order valence-electron chi connectivity index (χ2n) is 5.62. The van der Waals surface area contributed by atoms with Crippen molar-refractivity contribution in [1.82, 2.24) is 4.72 Å². The first-order valence-corrected chi connectivity index (χ1v) is 9.57. The van der Waals surface area contributed by atoms with Gasteiger partial charge in [0.25, 0.3) is 5.91 Å². The number of anilines is 1. The summed E-state index contributed by atoms with van der Waals surface area (Å²) in [6.45, 7) is 7.47. The maximum Gasteiger partial charge on any atom is 0.258 e. The van der Waals surface area contributed by atoms with Crippen LogP contribution in [0.3, 0.4) is 0 Å². The minimum absolute atomic E-state index is 0.0375. The molecule has 0 aromatic heterocycles. The topological polar surface area (TPSA) is 66.5 Å². The quantitative estimate of drug-likeness (QED) is 0.754. The van der Waals surface area contributed by atoms with Gasteiger partial charge in [-0.25, -0.2) is 17.5 Å². The summed E-state index contributed by atoms with van der Waals surface area (Å²) < 4.78 is 40.7. The van der Waals surface area contributed by atoms with Gasteiger partial charge >= 0.3 is 0 Å². The van der Waals surface area contributed by atoms with Crippen LogP contribution in [0.1, 0.15) is 22.8 Å². The van der Waals surface area contributed by atoms with Gasteiger partial charge in [0.1, 0.15) is 10.7 Å². The highest BCUT2D eigenvalue weighted by Crippen LogP contribution is 2.23. The van der Waals surface area contributed by atoms with E-state index in [-0.39, 0.29) is 12.1 Å². The Morgan fingerprint density at radius 1 is 1.27 bits per heavy atom. The monoisotopic (exact) mass is 376 g/mol. The summed E-state index contributed by atoms with van der Waals surface area (Å²) in [6, 6.07) is 10.7. The molecule has 0 saturated carbocycles. The van der Waals surface area contributed by atoms with E-state index >= 15 is 0 Å². The van der Waals surface area contributed by atoms with Crippen molar-refractivity contribution < 1.29 is 17.6 Å². The van der Waals surface area contributed by atoms with Gasteiger partial charge in [0, 0.05) is 24.3 Å². The number of nitrogens with zero attached hydrogens (tertiary/aromatic N) is 1. The molecule has 2 aromatic carbocycles. The van der Waals surface area contributed by atoms with Gasteiger partial charge in [-0.1, -0.05) is 24.3 Å². The second kappa shape index (κ2) is 8.25. The zero-order chi connectivity index (χ0) is 19.3. The molecule has 0 saturated heterocycles. The number of nitrogens with one attached hydrogen (secondary N) is 1. The van der Waals surface area contributed by atoms with Crippen molar-refractivity contribution in [2.45, 2.75) is 18.7 Å². The molecule has 0 aliphatic heterocycles. The molecule has 1 N–H and O–H groups in total. The number of hydrogen-bond donors (Lipinski definition) is 1. The van der Waals surface area contributed by atoms with Gasteiger partial charge in [0.15, 0.2) is 0 Å². The molecule has 26 heavy (non-hydrogen) atoms. The number of carbonyl (C=O) groups is 1. The van der Waals surface area contributed by atoms with Gasteiger partial charge in [-0.05, 0) is 43.7 Å². The number of sulfonamides is 1. The Hall–Kier alpha value is -2.51. The number of rotatable bonds is 7. The zero-order valence-corrected chi connectivity index (χ0v) is 15.5. The largest absolute Gasteiger partial charge is 0.308 e. The average Bonchev–Trinajstić information content (AvgIpc) is 2.62. The van der Waals surface area contributed by atoms with E-state index in [0.29, 0.717) is 6.54 Å². The van der Waals surface area contributed by atoms with Crippen molar-refractivity contribution >= 4 is 21.6 Å². The first-order chi connectivity index (χ1) is 12.3. The number of aryl methyl sites for hydroxylation is 1. The van der Waals surface area contributed by atoms with Gasteiger partial charge < -0.3 is 4.90 Å².